The molecule has 0 amide bonds. The number of aromatic nitrogens is 1. The molecule has 0 N–H and O–H groups in total. The maximum atomic E-state index is 6.19. The highest BCUT2D eigenvalue weighted by Crippen LogP contribution is 2.27. The van der Waals surface area contributed by atoms with E-state index in [-0.39, 0.29) is 5.41 Å². The minimum atomic E-state index is 0.162. The Hall–Kier alpha value is -0.120. The van der Waals surface area contributed by atoms with Gasteiger partial charge in [-0.15, -0.1) is 22.9 Å². The molecule has 0 spiro atoms. The minimum Gasteiger partial charge on any atom is -0.297 e. The van der Waals surface area contributed by atoms with Gasteiger partial charge < -0.3 is 0 Å². The summed E-state index contributed by atoms with van der Waals surface area (Å²) in [6.45, 7) is 12.1. The van der Waals surface area contributed by atoms with Gasteiger partial charge in [-0.05, 0) is 38.8 Å². The Morgan fingerprint density at radius 2 is 2.05 bits per heavy atom. The molecule has 1 aliphatic heterocycles. The molecular weight excluding hydrogens is 276 g/mol. The van der Waals surface area contributed by atoms with Gasteiger partial charge in [-0.3, -0.25) is 4.90 Å². The van der Waals surface area contributed by atoms with Crippen LogP contribution in [0.25, 0.3) is 0 Å². The van der Waals surface area contributed by atoms with Gasteiger partial charge in [0, 0.05) is 16.2 Å². The zero-order valence-corrected chi connectivity index (χ0v) is 14.0. The van der Waals surface area contributed by atoms with E-state index in [2.05, 4.69) is 38.0 Å². The standard InChI is InChI=1S/C15H25ClN2S/c1-11(16)12-5-7-18(8-6-12)9-14-17-13(10-19-14)15(2,3)4/h10-12H,5-9H2,1-4H3. The highest BCUT2D eigenvalue weighted by molar-refractivity contribution is 7.09. The zero-order valence-electron chi connectivity index (χ0n) is 12.4. The van der Waals surface area contributed by atoms with Crippen LogP contribution >= 0.6 is 22.9 Å². The number of piperidine rings is 1. The molecule has 1 saturated heterocycles. The lowest BCUT2D eigenvalue weighted by atomic mass is 9.93. The number of nitrogens with zero attached hydrogens (tertiary/aromatic N) is 2. The molecule has 2 nitrogen and oxygen atoms in total. The molecule has 2 heterocycles. The lowest BCUT2D eigenvalue weighted by molar-refractivity contribution is 0.176. The van der Waals surface area contributed by atoms with E-state index in [1.54, 1.807) is 11.3 Å². The third kappa shape index (κ3) is 4.17. The molecule has 108 valence electrons. The zero-order chi connectivity index (χ0) is 14.0. The molecule has 0 aromatic carbocycles. The fourth-order valence-corrected chi connectivity index (χ4v) is 3.80. The van der Waals surface area contributed by atoms with Crippen molar-refractivity contribution in [2.24, 2.45) is 5.92 Å². The Balaban J connectivity index is 1.87. The topological polar surface area (TPSA) is 16.1 Å². The second kappa shape index (κ2) is 6.11. The Bertz CT molecular complexity index is 401. The van der Waals surface area contributed by atoms with Crippen molar-refractivity contribution >= 4 is 22.9 Å². The molecule has 19 heavy (non-hydrogen) atoms. The number of alkyl halides is 1. The van der Waals surface area contributed by atoms with Crippen LogP contribution in [0.1, 0.15) is 51.2 Å². The third-order valence-corrected chi connectivity index (χ3v) is 5.15. The van der Waals surface area contributed by atoms with Crippen molar-refractivity contribution in [1.29, 1.82) is 0 Å². The first-order valence-corrected chi connectivity index (χ1v) is 8.49. The van der Waals surface area contributed by atoms with Gasteiger partial charge in [0.2, 0.25) is 0 Å². The Labute approximate surface area is 126 Å². The maximum absolute atomic E-state index is 6.19. The van der Waals surface area contributed by atoms with Crippen LogP contribution in [0.15, 0.2) is 5.38 Å². The van der Waals surface area contributed by atoms with Gasteiger partial charge in [-0.25, -0.2) is 4.98 Å². The van der Waals surface area contributed by atoms with Crippen LogP contribution in [0, 0.1) is 5.92 Å². The molecule has 4 heteroatoms. The van der Waals surface area contributed by atoms with E-state index >= 15 is 0 Å². The number of halogens is 1. The summed E-state index contributed by atoms with van der Waals surface area (Å²) in [5, 5.41) is 3.78. The molecule has 0 radical (unpaired) electrons. The van der Waals surface area contributed by atoms with Gasteiger partial charge >= 0.3 is 0 Å². The highest BCUT2D eigenvalue weighted by Gasteiger charge is 2.24. The van der Waals surface area contributed by atoms with Crippen molar-refractivity contribution in [3.8, 4) is 0 Å². The first-order valence-electron chi connectivity index (χ1n) is 7.17. The summed E-state index contributed by atoms with van der Waals surface area (Å²) >= 11 is 7.99. The number of hydrogen-bond acceptors (Lipinski definition) is 3. The van der Waals surface area contributed by atoms with E-state index in [1.165, 1.54) is 23.5 Å². The SMILES string of the molecule is CC(Cl)C1CCN(Cc2nc(C(C)(C)C)cs2)CC1. The fraction of sp³-hybridized carbons (Fsp3) is 0.800. The van der Waals surface area contributed by atoms with Gasteiger partial charge in [-0.2, -0.15) is 0 Å². The molecule has 0 saturated carbocycles. The van der Waals surface area contributed by atoms with Gasteiger partial charge in [0.25, 0.3) is 0 Å². The van der Waals surface area contributed by atoms with Crippen LogP contribution in [0.2, 0.25) is 0 Å². The van der Waals surface area contributed by atoms with E-state index in [0.717, 1.165) is 19.6 Å². The summed E-state index contributed by atoms with van der Waals surface area (Å²) in [6.07, 6.45) is 2.45. The van der Waals surface area contributed by atoms with Crippen molar-refractivity contribution < 1.29 is 0 Å². The smallest absolute Gasteiger partial charge is 0.107 e. The van der Waals surface area contributed by atoms with Crippen molar-refractivity contribution in [1.82, 2.24) is 9.88 Å². The summed E-state index contributed by atoms with van der Waals surface area (Å²) in [4.78, 5) is 7.30. The fourth-order valence-electron chi connectivity index (χ4n) is 2.49. The molecule has 0 aliphatic carbocycles. The summed E-state index contributed by atoms with van der Waals surface area (Å²) < 4.78 is 0. The normalized spacial score (nSPS) is 20.7. The summed E-state index contributed by atoms with van der Waals surface area (Å²) in [5.41, 5.74) is 1.38. The number of hydrogen-bond donors (Lipinski definition) is 0. The first-order chi connectivity index (χ1) is 8.86. The van der Waals surface area contributed by atoms with Crippen molar-refractivity contribution in [3.63, 3.8) is 0 Å². The quantitative estimate of drug-likeness (QED) is 0.775. The third-order valence-electron chi connectivity index (χ3n) is 3.96. The van der Waals surface area contributed by atoms with Gasteiger partial charge in [0.05, 0.1) is 12.2 Å². The van der Waals surface area contributed by atoms with Crippen LogP contribution in [-0.4, -0.2) is 28.4 Å². The second-order valence-electron chi connectivity index (χ2n) is 6.67. The number of thiazole rings is 1. The van der Waals surface area contributed by atoms with E-state index in [9.17, 15) is 0 Å². The lowest BCUT2D eigenvalue weighted by Gasteiger charge is -2.32. The highest BCUT2D eigenvalue weighted by atomic mass is 35.5. The maximum Gasteiger partial charge on any atom is 0.107 e. The van der Waals surface area contributed by atoms with Crippen molar-refractivity contribution in [2.45, 2.75) is 57.9 Å². The molecule has 2 rings (SSSR count). The number of rotatable bonds is 3. The first kappa shape index (κ1) is 15.3. The van der Waals surface area contributed by atoms with E-state index in [0.29, 0.717) is 11.3 Å². The Morgan fingerprint density at radius 1 is 1.42 bits per heavy atom. The van der Waals surface area contributed by atoms with Crippen LogP contribution in [-0.2, 0) is 12.0 Å². The van der Waals surface area contributed by atoms with Crippen LogP contribution < -0.4 is 0 Å². The van der Waals surface area contributed by atoms with Gasteiger partial charge in [0.15, 0.2) is 0 Å². The summed E-state index contributed by atoms with van der Waals surface area (Å²) in [7, 11) is 0. The second-order valence-corrected chi connectivity index (χ2v) is 8.30. The molecule has 1 aromatic heterocycles. The number of likely N-dealkylation sites (tertiary alicyclic amines) is 1. The predicted molar refractivity (Wildman–Crippen MR) is 84.1 cm³/mol. The van der Waals surface area contributed by atoms with E-state index < -0.39 is 0 Å². The van der Waals surface area contributed by atoms with Crippen LogP contribution in [0.4, 0.5) is 0 Å². The average molecular weight is 301 g/mol. The Kier molecular flexibility index (Phi) is 4.91. The molecule has 1 aliphatic rings. The van der Waals surface area contributed by atoms with E-state index in [1.807, 2.05) is 0 Å². The lowest BCUT2D eigenvalue weighted by Crippen LogP contribution is -2.35. The monoisotopic (exact) mass is 300 g/mol. The Morgan fingerprint density at radius 3 is 2.53 bits per heavy atom. The van der Waals surface area contributed by atoms with Gasteiger partial charge in [-0.1, -0.05) is 20.8 Å². The largest absolute Gasteiger partial charge is 0.297 e. The molecule has 1 atom stereocenters. The van der Waals surface area contributed by atoms with Crippen LogP contribution in [0.3, 0.4) is 0 Å². The van der Waals surface area contributed by atoms with Crippen molar-refractivity contribution in [3.05, 3.63) is 16.1 Å². The molecular formula is C15H25ClN2S. The molecule has 1 aromatic rings. The molecule has 0 bridgehead atoms. The summed E-state index contributed by atoms with van der Waals surface area (Å²) in [5.74, 6) is 0.694. The minimum absolute atomic E-state index is 0.162. The van der Waals surface area contributed by atoms with E-state index in [4.69, 9.17) is 16.6 Å². The van der Waals surface area contributed by atoms with Crippen LogP contribution in [0.5, 0.6) is 0 Å². The summed E-state index contributed by atoms with van der Waals surface area (Å²) in [6, 6.07) is 0. The van der Waals surface area contributed by atoms with Gasteiger partial charge in [0.1, 0.15) is 5.01 Å². The predicted octanol–water partition coefficient (Wildman–Crippen LogP) is 4.28. The molecule has 1 fully saturated rings. The molecule has 1 unspecified atom stereocenters. The van der Waals surface area contributed by atoms with Crippen molar-refractivity contribution in [2.75, 3.05) is 13.1 Å². The average Bonchev–Trinajstić information content (AvgIpc) is 2.78.